The molecule has 1 unspecified atom stereocenters. The quantitative estimate of drug-likeness (QED) is 0.590. The zero-order valence-electron chi connectivity index (χ0n) is 11.3. The summed E-state index contributed by atoms with van der Waals surface area (Å²) in [4.78, 5) is 22.6. The van der Waals surface area contributed by atoms with E-state index in [9.17, 15) is 9.59 Å². The van der Waals surface area contributed by atoms with Crippen LogP contribution in [0.15, 0.2) is 0 Å². The van der Waals surface area contributed by atoms with Crippen molar-refractivity contribution in [2.24, 2.45) is 5.92 Å². The number of amides is 1. The Morgan fingerprint density at radius 3 is 2.33 bits per heavy atom. The van der Waals surface area contributed by atoms with Crippen LogP contribution in [-0.2, 0) is 9.59 Å². The van der Waals surface area contributed by atoms with Crippen molar-refractivity contribution in [3.63, 3.8) is 0 Å². The van der Waals surface area contributed by atoms with Gasteiger partial charge in [0.15, 0.2) is 0 Å². The predicted molar refractivity (Wildman–Crippen MR) is 70.3 cm³/mol. The summed E-state index contributed by atoms with van der Waals surface area (Å²) in [6.07, 6.45) is 9.13. The molecule has 0 spiro atoms. The zero-order chi connectivity index (χ0) is 13.4. The third kappa shape index (κ3) is 6.03. The number of carbonyl (C=O) groups is 2. The molecule has 2 N–H and O–H groups in total. The summed E-state index contributed by atoms with van der Waals surface area (Å²) < 4.78 is 0. The Kier molecular flexibility index (Phi) is 6.76. The summed E-state index contributed by atoms with van der Waals surface area (Å²) in [7, 11) is 0. The third-order valence-corrected chi connectivity index (χ3v) is 3.43. The molecular weight excluding hydrogens is 230 g/mol. The Morgan fingerprint density at radius 1 is 1.17 bits per heavy atom. The Morgan fingerprint density at radius 2 is 1.78 bits per heavy atom. The van der Waals surface area contributed by atoms with Crippen LogP contribution >= 0.6 is 0 Å². The molecule has 0 aliphatic heterocycles. The molecule has 18 heavy (non-hydrogen) atoms. The second kappa shape index (κ2) is 8.11. The minimum atomic E-state index is -0.895. The fourth-order valence-electron chi connectivity index (χ4n) is 2.12. The van der Waals surface area contributed by atoms with Crippen LogP contribution in [0.25, 0.3) is 0 Å². The molecular formula is C14H25NO3. The lowest BCUT2D eigenvalue weighted by molar-refractivity contribution is -0.142. The molecule has 0 bridgehead atoms. The van der Waals surface area contributed by atoms with E-state index in [0.717, 1.165) is 25.7 Å². The van der Waals surface area contributed by atoms with Crippen molar-refractivity contribution in [1.82, 2.24) is 5.32 Å². The molecule has 1 saturated carbocycles. The van der Waals surface area contributed by atoms with E-state index in [1.807, 2.05) is 0 Å². The number of aliphatic carboxylic acids is 1. The standard InChI is InChI=1S/C14H25NO3/c1-2-3-4-5-6-7-8-12(16)15-13(14(17)18)11-9-10-11/h11,13H,2-10H2,1H3,(H,15,16)(H,17,18). The van der Waals surface area contributed by atoms with Gasteiger partial charge in [0.25, 0.3) is 0 Å². The van der Waals surface area contributed by atoms with Gasteiger partial charge in [0.2, 0.25) is 5.91 Å². The largest absolute Gasteiger partial charge is 0.480 e. The first kappa shape index (κ1) is 15.0. The summed E-state index contributed by atoms with van der Waals surface area (Å²) in [5.74, 6) is -0.838. The van der Waals surface area contributed by atoms with Crippen molar-refractivity contribution >= 4 is 11.9 Å². The normalized spacial score (nSPS) is 16.3. The number of unbranched alkanes of at least 4 members (excludes halogenated alkanes) is 5. The van der Waals surface area contributed by atoms with E-state index >= 15 is 0 Å². The maximum atomic E-state index is 11.6. The fourth-order valence-corrected chi connectivity index (χ4v) is 2.12. The van der Waals surface area contributed by atoms with Gasteiger partial charge in [0, 0.05) is 6.42 Å². The molecule has 0 saturated heterocycles. The number of rotatable bonds is 10. The Bertz CT molecular complexity index is 274. The van der Waals surface area contributed by atoms with Gasteiger partial charge in [-0.25, -0.2) is 4.79 Å². The van der Waals surface area contributed by atoms with E-state index in [0.29, 0.717) is 6.42 Å². The minimum Gasteiger partial charge on any atom is -0.480 e. The zero-order valence-corrected chi connectivity index (χ0v) is 11.3. The van der Waals surface area contributed by atoms with Gasteiger partial charge >= 0.3 is 5.97 Å². The average Bonchev–Trinajstić information content (AvgIpc) is 3.14. The average molecular weight is 255 g/mol. The first-order valence-electron chi connectivity index (χ1n) is 7.17. The molecule has 4 heteroatoms. The van der Waals surface area contributed by atoms with Gasteiger partial charge in [-0.1, -0.05) is 39.0 Å². The molecule has 0 aromatic heterocycles. The highest BCUT2D eigenvalue weighted by Crippen LogP contribution is 2.32. The molecule has 1 amide bonds. The van der Waals surface area contributed by atoms with Crippen LogP contribution in [0.4, 0.5) is 0 Å². The van der Waals surface area contributed by atoms with Crippen molar-refractivity contribution in [3.05, 3.63) is 0 Å². The molecule has 1 atom stereocenters. The molecule has 1 rings (SSSR count). The van der Waals surface area contributed by atoms with Gasteiger partial charge in [-0.2, -0.15) is 0 Å². The Hall–Kier alpha value is -1.06. The van der Waals surface area contributed by atoms with E-state index in [1.54, 1.807) is 0 Å². The van der Waals surface area contributed by atoms with Crippen LogP contribution in [0.5, 0.6) is 0 Å². The maximum Gasteiger partial charge on any atom is 0.326 e. The lowest BCUT2D eigenvalue weighted by Gasteiger charge is -2.13. The van der Waals surface area contributed by atoms with Crippen LogP contribution < -0.4 is 5.32 Å². The van der Waals surface area contributed by atoms with Crippen molar-refractivity contribution in [2.45, 2.75) is 70.8 Å². The van der Waals surface area contributed by atoms with Crippen LogP contribution in [0.3, 0.4) is 0 Å². The van der Waals surface area contributed by atoms with Crippen LogP contribution in [0.1, 0.15) is 64.7 Å². The molecule has 4 nitrogen and oxygen atoms in total. The van der Waals surface area contributed by atoms with Crippen molar-refractivity contribution in [3.8, 4) is 0 Å². The highest BCUT2D eigenvalue weighted by Gasteiger charge is 2.36. The monoisotopic (exact) mass is 255 g/mol. The number of nitrogens with one attached hydrogen (secondary N) is 1. The maximum absolute atomic E-state index is 11.6. The van der Waals surface area contributed by atoms with Crippen molar-refractivity contribution in [2.75, 3.05) is 0 Å². The molecule has 1 fully saturated rings. The molecule has 104 valence electrons. The molecule has 0 heterocycles. The SMILES string of the molecule is CCCCCCCCC(=O)NC(C(=O)O)C1CC1. The molecule has 0 radical (unpaired) electrons. The number of hydrogen-bond donors (Lipinski definition) is 2. The predicted octanol–water partition coefficient (Wildman–Crippen LogP) is 2.72. The van der Waals surface area contributed by atoms with Gasteiger partial charge in [0.05, 0.1) is 0 Å². The van der Waals surface area contributed by atoms with Crippen LogP contribution in [0.2, 0.25) is 0 Å². The van der Waals surface area contributed by atoms with Crippen molar-refractivity contribution < 1.29 is 14.7 Å². The van der Waals surface area contributed by atoms with Gasteiger partial charge in [0.1, 0.15) is 6.04 Å². The number of carboxylic acid groups (broad SMARTS) is 1. The molecule has 0 aromatic rings. The van der Waals surface area contributed by atoms with Gasteiger partial charge < -0.3 is 10.4 Å². The van der Waals surface area contributed by atoms with Gasteiger partial charge in [-0.15, -0.1) is 0 Å². The summed E-state index contributed by atoms with van der Waals surface area (Å²) in [6.45, 7) is 2.18. The van der Waals surface area contributed by atoms with E-state index in [2.05, 4.69) is 12.2 Å². The smallest absolute Gasteiger partial charge is 0.326 e. The van der Waals surface area contributed by atoms with Crippen molar-refractivity contribution in [1.29, 1.82) is 0 Å². The molecule has 0 aromatic carbocycles. The van der Waals surface area contributed by atoms with E-state index < -0.39 is 12.0 Å². The molecule has 1 aliphatic rings. The van der Waals surface area contributed by atoms with E-state index in [1.165, 1.54) is 25.7 Å². The lowest BCUT2D eigenvalue weighted by atomic mass is 10.1. The Labute approximate surface area is 109 Å². The van der Waals surface area contributed by atoms with E-state index in [4.69, 9.17) is 5.11 Å². The fraction of sp³-hybridized carbons (Fsp3) is 0.857. The highest BCUT2D eigenvalue weighted by atomic mass is 16.4. The third-order valence-electron chi connectivity index (χ3n) is 3.43. The number of carboxylic acids is 1. The summed E-state index contributed by atoms with van der Waals surface area (Å²) >= 11 is 0. The molecule has 1 aliphatic carbocycles. The van der Waals surface area contributed by atoms with Gasteiger partial charge in [-0.05, 0) is 25.2 Å². The van der Waals surface area contributed by atoms with Gasteiger partial charge in [-0.3, -0.25) is 4.79 Å². The second-order valence-electron chi connectivity index (χ2n) is 5.24. The highest BCUT2D eigenvalue weighted by molar-refractivity contribution is 5.83. The van der Waals surface area contributed by atoms with Crippen LogP contribution in [-0.4, -0.2) is 23.0 Å². The first-order chi connectivity index (χ1) is 8.65. The minimum absolute atomic E-state index is 0.107. The number of carbonyl (C=O) groups excluding carboxylic acids is 1. The summed E-state index contributed by atoms with van der Waals surface area (Å²) in [5.41, 5.74) is 0. The topological polar surface area (TPSA) is 66.4 Å². The lowest BCUT2D eigenvalue weighted by Crippen LogP contribution is -2.42. The number of hydrogen-bond acceptors (Lipinski definition) is 2. The Balaban J connectivity index is 2.07. The summed E-state index contributed by atoms with van der Waals surface area (Å²) in [6, 6.07) is -0.655. The first-order valence-corrected chi connectivity index (χ1v) is 7.17. The second-order valence-corrected chi connectivity index (χ2v) is 5.24. The summed E-state index contributed by atoms with van der Waals surface area (Å²) in [5, 5.41) is 11.6. The van der Waals surface area contributed by atoms with E-state index in [-0.39, 0.29) is 11.8 Å². The van der Waals surface area contributed by atoms with Crippen LogP contribution in [0, 0.1) is 5.92 Å².